The Balaban J connectivity index is 0.000000242. The van der Waals surface area contributed by atoms with Crippen LogP contribution in [0.1, 0.15) is 27.8 Å². The first-order chi connectivity index (χ1) is 16.9. The van der Waals surface area contributed by atoms with E-state index in [4.69, 9.17) is 21.1 Å². The van der Waals surface area contributed by atoms with Gasteiger partial charge >= 0.3 is 5.69 Å². The lowest BCUT2D eigenvalue weighted by Gasteiger charge is -1.97. The maximum Gasteiger partial charge on any atom is 0.310 e. The van der Waals surface area contributed by atoms with Crippen molar-refractivity contribution in [3.05, 3.63) is 123 Å². The Labute approximate surface area is 212 Å². The molecule has 5 N–H and O–H groups in total. The first kappa shape index (κ1) is 29.5. The molecule has 0 heterocycles. The highest BCUT2D eigenvalue weighted by Crippen LogP contribution is 2.25. The first-order valence-electron chi connectivity index (χ1n) is 11.2. The summed E-state index contributed by atoms with van der Waals surface area (Å²) in [5.41, 5.74) is 11.1. The monoisotopic (exact) mass is 490 g/mol. The van der Waals surface area contributed by atoms with Crippen LogP contribution in [0.2, 0.25) is 0 Å². The van der Waals surface area contributed by atoms with Gasteiger partial charge in [0.2, 0.25) is 0 Å². The van der Waals surface area contributed by atoms with Gasteiger partial charge in [-0.2, -0.15) is 0 Å². The number of nitro benzene ring substituents is 1. The summed E-state index contributed by atoms with van der Waals surface area (Å²) in [5, 5.41) is 37.0. The molecule has 36 heavy (non-hydrogen) atoms. The van der Waals surface area contributed by atoms with Gasteiger partial charge in [0.1, 0.15) is 11.5 Å². The van der Waals surface area contributed by atoms with Crippen molar-refractivity contribution in [2.75, 3.05) is 5.73 Å². The number of nitrogens with two attached hydrogens (primary N) is 1. The Kier molecular flexibility index (Phi) is 12.0. The fraction of sp³-hybridized carbons (Fsp3) is 0.172. The third-order valence-corrected chi connectivity index (χ3v) is 4.69. The second-order valence-corrected chi connectivity index (χ2v) is 8.31. The van der Waals surface area contributed by atoms with Crippen molar-refractivity contribution in [1.82, 2.24) is 0 Å². The van der Waals surface area contributed by atoms with E-state index in [2.05, 4.69) is 38.1 Å². The fourth-order valence-electron chi connectivity index (χ4n) is 2.88. The van der Waals surface area contributed by atoms with E-state index < -0.39 is 4.92 Å². The van der Waals surface area contributed by atoms with Crippen molar-refractivity contribution in [3.63, 3.8) is 0 Å². The zero-order valence-corrected chi connectivity index (χ0v) is 21.3. The minimum Gasteiger partial charge on any atom is -0.508 e. The number of aromatic hydroxyl groups is 3. The van der Waals surface area contributed by atoms with Gasteiger partial charge in [0.05, 0.1) is 10.6 Å². The average molecular weight is 491 g/mol. The van der Waals surface area contributed by atoms with Crippen LogP contribution in [0.4, 0.5) is 11.4 Å². The summed E-state index contributed by atoms with van der Waals surface area (Å²) >= 11 is 0. The molecule has 0 aromatic heterocycles. The molecule has 0 saturated heterocycles. The largest absolute Gasteiger partial charge is 0.508 e. The molecule has 0 spiro atoms. The van der Waals surface area contributed by atoms with Crippen LogP contribution < -0.4 is 5.73 Å². The number of hydrogen-bond acceptors (Lipinski definition) is 6. The van der Waals surface area contributed by atoms with Crippen LogP contribution in [-0.4, -0.2) is 20.2 Å². The zero-order valence-electron chi connectivity index (χ0n) is 21.3. The molecule has 0 saturated carbocycles. The van der Waals surface area contributed by atoms with Crippen molar-refractivity contribution in [3.8, 4) is 17.2 Å². The normalized spacial score (nSPS) is 9.36. The molecule has 4 rings (SSSR count). The van der Waals surface area contributed by atoms with E-state index in [1.165, 1.54) is 23.3 Å². The number of rotatable bonds is 1. The number of nitro groups is 1. The lowest BCUT2D eigenvalue weighted by Crippen LogP contribution is -1.88. The summed E-state index contributed by atoms with van der Waals surface area (Å²) in [6.07, 6.45) is 0. The molecule has 7 heteroatoms. The van der Waals surface area contributed by atoms with E-state index in [0.717, 1.165) is 16.7 Å². The number of nitrogens with zero attached hydrogens (tertiary/aromatic N) is 1. The standard InChI is InChI=1S/C8H10.C7H7NO3.C7H9NO.C7H8O/c1-7-4-3-5-8(2)6-7;1-5-2-3-6(8(10)11)7(9)4-5;1-5-2-3-6(8)7(9)4-5;1-6-3-2-4-7(8)5-6/h3-6H,1-2H3;2-4,9H,1H3;2-4,9H,8H2,1H3;2-5,8H,1H3. The van der Waals surface area contributed by atoms with Crippen molar-refractivity contribution >= 4 is 11.4 Å². The highest BCUT2D eigenvalue weighted by molar-refractivity contribution is 5.52. The minimum atomic E-state index is -0.616. The summed E-state index contributed by atoms with van der Waals surface area (Å²) in [4.78, 5) is 9.56. The third-order valence-electron chi connectivity index (χ3n) is 4.69. The molecule has 190 valence electrons. The molecule has 0 fully saturated rings. The van der Waals surface area contributed by atoms with Crippen LogP contribution in [0.3, 0.4) is 0 Å². The van der Waals surface area contributed by atoms with Crippen LogP contribution in [-0.2, 0) is 0 Å². The predicted octanol–water partition coefficient (Wildman–Crippen LogP) is 6.90. The van der Waals surface area contributed by atoms with Gasteiger partial charge in [0, 0.05) is 6.07 Å². The second-order valence-electron chi connectivity index (χ2n) is 8.31. The molecule has 0 bridgehead atoms. The minimum absolute atomic E-state index is 0.162. The molecule has 0 radical (unpaired) electrons. The van der Waals surface area contributed by atoms with Gasteiger partial charge in [0.25, 0.3) is 0 Å². The number of benzene rings is 4. The molecule has 0 aliphatic carbocycles. The summed E-state index contributed by atoms with van der Waals surface area (Å²) in [7, 11) is 0. The van der Waals surface area contributed by atoms with E-state index in [1.54, 1.807) is 37.3 Å². The molecule has 0 aliphatic rings. The molecule has 0 atom stereocenters. The Morgan fingerprint density at radius 1 is 0.611 bits per heavy atom. The quantitative estimate of drug-likeness (QED) is 0.0994. The lowest BCUT2D eigenvalue weighted by atomic mass is 10.2. The molecule has 0 unspecified atom stereocenters. The van der Waals surface area contributed by atoms with E-state index in [0.29, 0.717) is 11.4 Å². The molecular formula is C29H34N2O5. The Morgan fingerprint density at radius 3 is 1.39 bits per heavy atom. The van der Waals surface area contributed by atoms with E-state index in [-0.39, 0.29) is 17.2 Å². The first-order valence-corrected chi connectivity index (χ1v) is 11.2. The highest BCUT2D eigenvalue weighted by Gasteiger charge is 2.10. The number of aryl methyl sites for hydroxylation is 5. The van der Waals surface area contributed by atoms with Crippen molar-refractivity contribution < 1.29 is 20.2 Å². The number of hydrogen-bond donors (Lipinski definition) is 4. The SMILES string of the molecule is Cc1ccc(N)c(O)c1.Cc1ccc([N+](=O)[O-])c(O)c1.Cc1cccc(C)c1.Cc1cccc(O)c1. The van der Waals surface area contributed by atoms with E-state index in [1.807, 2.05) is 32.0 Å². The van der Waals surface area contributed by atoms with Crippen LogP contribution in [0.15, 0.2) is 84.9 Å². The van der Waals surface area contributed by atoms with Crippen molar-refractivity contribution in [2.45, 2.75) is 34.6 Å². The Hall–Kier alpha value is -4.52. The lowest BCUT2D eigenvalue weighted by molar-refractivity contribution is -0.385. The number of anilines is 1. The van der Waals surface area contributed by atoms with E-state index >= 15 is 0 Å². The number of phenols is 3. The van der Waals surface area contributed by atoms with Gasteiger partial charge in [-0.05, 0) is 81.6 Å². The van der Waals surface area contributed by atoms with Gasteiger partial charge < -0.3 is 21.1 Å². The van der Waals surface area contributed by atoms with Crippen LogP contribution in [0.5, 0.6) is 17.2 Å². The van der Waals surface area contributed by atoms with Crippen molar-refractivity contribution in [1.29, 1.82) is 0 Å². The maximum atomic E-state index is 10.2. The van der Waals surface area contributed by atoms with Crippen LogP contribution in [0.25, 0.3) is 0 Å². The van der Waals surface area contributed by atoms with Crippen LogP contribution >= 0.6 is 0 Å². The van der Waals surface area contributed by atoms with Crippen molar-refractivity contribution in [2.24, 2.45) is 0 Å². The molecular weight excluding hydrogens is 456 g/mol. The van der Waals surface area contributed by atoms with Gasteiger partial charge in [0.15, 0.2) is 5.75 Å². The summed E-state index contributed by atoms with van der Waals surface area (Å²) in [6.45, 7) is 9.81. The van der Waals surface area contributed by atoms with Gasteiger partial charge in [-0.25, -0.2) is 0 Å². The molecule has 0 aliphatic heterocycles. The smallest absolute Gasteiger partial charge is 0.310 e. The molecule has 0 amide bonds. The molecule has 4 aromatic carbocycles. The topological polar surface area (TPSA) is 130 Å². The number of phenolic OH excluding ortho intramolecular Hbond substituents is 3. The molecule has 4 aromatic rings. The molecule has 7 nitrogen and oxygen atoms in total. The third kappa shape index (κ3) is 11.6. The number of nitrogen functional groups attached to an aromatic ring is 1. The maximum absolute atomic E-state index is 10.2. The highest BCUT2D eigenvalue weighted by atomic mass is 16.6. The predicted molar refractivity (Wildman–Crippen MR) is 146 cm³/mol. The van der Waals surface area contributed by atoms with Gasteiger partial charge in [-0.15, -0.1) is 0 Å². The summed E-state index contributed by atoms with van der Waals surface area (Å²) < 4.78 is 0. The Bertz CT molecular complexity index is 1190. The van der Waals surface area contributed by atoms with E-state index in [9.17, 15) is 10.1 Å². The van der Waals surface area contributed by atoms with Gasteiger partial charge in [-0.1, -0.05) is 59.7 Å². The summed E-state index contributed by atoms with van der Waals surface area (Å²) in [6, 6.07) is 25.0. The zero-order chi connectivity index (χ0) is 27.3. The fourth-order valence-corrected chi connectivity index (χ4v) is 2.88. The van der Waals surface area contributed by atoms with Crippen LogP contribution in [0, 0.1) is 44.7 Å². The summed E-state index contributed by atoms with van der Waals surface area (Å²) in [5.74, 6) is 0.218. The second kappa shape index (κ2) is 14.7. The average Bonchev–Trinajstić information content (AvgIpc) is 2.77. The Morgan fingerprint density at radius 2 is 1.06 bits per heavy atom. The van der Waals surface area contributed by atoms with Gasteiger partial charge in [-0.3, -0.25) is 10.1 Å².